The fraction of sp³-hybridized carbons (Fsp3) is 0.455. The molecule has 2 rings (SSSR count). The van der Waals surface area contributed by atoms with E-state index in [1.165, 1.54) is 6.42 Å². The molecule has 1 aromatic carbocycles. The summed E-state index contributed by atoms with van der Waals surface area (Å²) in [5.74, 6) is 0.783. The van der Waals surface area contributed by atoms with E-state index in [1.807, 2.05) is 25.1 Å². The predicted molar refractivity (Wildman–Crippen MR) is 58.1 cm³/mol. The number of halogens is 1. The highest BCUT2D eigenvalue weighted by Gasteiger charge is 2.17. The predicted octanol–water partition coefficient (Wildman–Crippen LogP) is 2.39. The molecule has 76 valence electrons. The Bertz CT molecular complexity index is 323. The second-order valence-corrected chi connectivity index (χ2v) is 4.09. The summed E-state index contributed by atoms with van der Waals surface area (Å²) in [4.78, 5) is 0. The van der Waals surface area contributed by atoms with Gasteiger partial charge in [0, 0.05) is 6.04 Å². The van der Waals surface area contributed by atoms with Crippen LogP contribution in [0.25, 0.3) is 0 Å². The van der Waals surface area contributed by atoms with Crippen LogP contribution in [0.2, 0.25) is 5.02 Å². The summed E-state index contributed by atoms with van der Waals surface area (Å²) in [6.45, 7) is 3.83. The quantitative estimate of drug-likeness (QED) is 0.829. The van der Waals surface area contributed by atoms with Crippen molar-refractivity contribution in [1.82, 2.24) is 5.32 Å². The van der Waals surface area contributed by atoms with Crippen LogP contribution in [0, 0.1) is 6.92 Å². The molecule has 1 heterocycles. The summed E-state index contributed by atoms with van der Waals surface area (Å²) >= 11 is 6.03. The van der Waals surface area contributed by atoms with Crippen LogP contribution >= 0.6 is 11.6 Å². The highest BCUT2D eigenvalue weighted by Crippen LogP contribution is 2.25. The monoisotopic (exact) mass is 211 g/mol. The van der Waals surface area contributed by atoms with Gasteiger partial charge in [-0.25, -0.2) is 0 Å². The molecule has 1 saturated heterocycles. The van der Waals surface area contributed by atoms with Crippen LogP contribution < -0.4 is 10.1 Å². The summed E-state index contributed by atoms with van der Waals surface area (Å²) < 4.78 is 5.60. The van der Waals surface area contributed by atoms with Gasteiger partial charge in [0.2, 0.25) is 0 Å². The first-order valence-corrected chi connectivity index (χ1v) is 5.26. The average molecular weight is 212 g/mol. The third kappa shape index (κ3) is 2.20. The standard InChI is InChI=1S/C11H14ClNO/c1-8-2-3-11(10(12)6-8)14-7-9-4-5-13-9/h2-3,6,9,13H,4-5,7H2,1H3. The number of aryl methyl sites for hydroxylation is 1. The summed E-state index contributed by atoms with van der Waals surface area (Å²) in [6.07, 6.45) is 1.20. The lowest BCUT2D eigenvalue weighted by atomic mass is 10.1. The lowest BCUT2D eigenvalue weighted by molar-refractivity contribution is 0.217. The minimum atomic E-state index is 0.507. The fourth-order valence-corrected chi connectivity index (χ4v) is 1.69. The van der Waals surface area contributed by atoms with E-state index in [1.54, 1.807) is 0 Å². The lowest BCUT2D eigenvalue weighted by Crippen LogP contribution is -2.46. The molecule has 2 nitrogen and oxygen atoms in total. The molecule has 0 aliphatic carbocycles. The highest BCUT2D eigenvalue weighted by atomic mass is 35.5. The minimum Gasteiger partial charge on any atom is -0.490 e. The molecule has 3 heteroatoms. The Morgan fingerprint density at radius 2 is 2.36 bits per heavy atom. The summed E-state index contributed by atoms with van der Waals surface area (Å²) in [7, 11) is 0. The molecular formula is C11H14ClNO. The zero-order valence-electron chi connectivity index (χ0n) is 8.22. The second kappa shape index (κ2) is 4.20. The molecule has 1 fully saturated rings. The first kappa shape index (κ1) is 9.81. The molecule has 1 N–H and O–H groups in total. The van der Waals surface area contributed by atoms with Crippen molar-refractivity contribution in [3.63, 3.8) is 0 Å². The van der Waals surface area contributed by atoms with Crippen molar-refractivity contribution in [2.75, 3.05) is 13.2 Å². The van der Waals surface area contributed by atoms with Gasteiger partial charge in [0.05, 0.1) is 5.02 Å². The van der Waals surface area contributed by atoms with Gasteiger partial charge >= 0.3 is 0 Å². The highest BCUT2D eigenvalue weighted by molar-refractivity contribution is 6.32. The summed E-state index contributed by atoms with van der Waals surface area (Å²) in [6, 6.07) is 6.36. The van der Waals surface area contributed by atoms with Gasteiger partial charge < -0.3 is 10.1 Å². The smallest absolute Gasteiger partial charge is 0.137 e. The third-order valence-electron chi connectivity index (χ3n) is 2.45. The Morgan fingerprint density at radius 1 is 1.57 bits per heavy atom. The Morgan fingerprint density at radius 3 is 2.93 bits per heavy atom. The Balaban J connectivity index is 1.94. The van der Waals surface area contributed by atoms with Crippen LogP contribution in [0.5, 0.6) is 5.75 Å². The minimum absolute atomic E-state index is 0.507. The molecule has 1 aliphatic rings. The van der Waals surface area contributed by atoms with Crippen molar-refractivity contribution >= 4 is 11.6 Å². The van der Waals surface area contributed by atoms with Gasteiger partial charge in [-0.1, -0.05) is 17.7 Å². The molecule has 0 radical (unpaired) electrons. The maximum Gasteiger partial charge on any atom is 0.137 e. The van der Waals surface area contributed by atoms with Gasteiger partial charge in [0.1, 0.15) is 12.4 Å². The van der Waals surface area contributed by atoms with E-state index in [0.717, 1.165) is 17.9 Å². The number of ether oxygens (including phenoxy) is 1. The van der Waals surface area contributed by atoms with Crippen LogP contribution in [0.4, 0.5) is 0 Å². The Kier molecular flexibility index (Phi) is 2.94. The Labute approximate surface area is 89.2 Å². The van der Waals surface area contributed by atoms with Gasteiger partial charge in [0.25, 0.3) is 0 Å². The third-order valence-corrected chi connectivity index (χ3v) is 2.75. The first-order chi connectivity index (χ1) is 6.75. The normalized spacial score (nSPS) is 20.3. The van der Waals surface area contributed by atoms with E-state index in [9.17, 15) is 0 Å². The van der Waals surface area contributed by atoms with Gasteiger partial charge in [-0.3, -0.25) is 0 Å². The molecule has 1 aromatic rings. The van der Waals surface area contributed by atoms with Crippen molar-refractivity contribution in [2.45, 2.75) is 19.4 Å². The van der Waals surface area contributed by atoms with Gasteiger partial charge in [-0.15, -0.1) is 0 Å². The van der Waals surface area contributed by atoms with Crippen LogP contribution in [0.15, 0.2) is 18.2 Å². The van der Waals surface area contributed by atoms with Gasteiger partial charge in [-0.05, 0) is 37.6 Å². The van der Waals surface area contributed by atoms with E-state index in [0.29, 0.717) is 17.7 Å². The molecule has 0 saturated carbocycles. The van der Waals surface area contributed by atoms with E-state index in [4.69, 9.17) is 16.3 Å². The molecule has 14 heavy (non-hydrogen) atoms. The molecule has 1 unspecified atom stereocenters. The maximum absolute atomic E-state index is 6.03. The number of hydrogen-bond acceptors (Lipinski definition) is 2. The molecule has 0 amide bonds. The number of benzene rings is 1. The van der Waals surface area contributed by atoms with Crippen molar-refractivity contribution in [3.8, 4) is 5.75 Å². The second-order valence-electron chi connectivity index (χ2n) is 3.68. The molecular weight excluding hydrogens is 198 g/mol. The largest absolute Gasteiger partial charge is 0.490 e. The van der Waals surface area contributed by atoms with Crippen molar-refractivity contribution in [1.29, 1.82) is 0 Å². The van der Waals surface area contributed by atoms with Crippen molar-refractivity contribution in [3.05, 3.63) is 28.8 Å². The molecule has 0 bridgehead atoms. The SMILES string of the molecule is Cc1ccc(OCC2CCN2)c(Cl)c1. The number of nitrogens with one attached hydrogen (secondary N) is 1. The summed E-state index contributed by atoms with van der Waals surface area (Å²) in [5, 5.41) is 3.98. The van der Waals surface area contributed by atoms with E-state index >= 15 is 0 Å². The number of hydrogen-bond donors (Lipinski definition) is 1. The average Bonchev–Trinajstić information content (AvgIpc) is 2.05. The van der Waals surface area contributed by atoms with Crippen molar-refractivity contribution in [2.24, 2.45) is 0 Å². The van der Waals surface area contributed by atoms with Crippen LogP contribution in [0.1, 0.15) is 12.0 Å². The zero-order chi connectivity index (χ0) is 9.97. The molecule has 1 aliphatic heterocycles. The molecule has 0 aromatic heterocycles. The lowest BCUT2D eigenvalue weighted by Gasteiger charge is -2.27. The Hall–Kier alpha value is -0.730. The number of rotatable bonds is 3. The van der Waals surface area contributed by atoms with Gasteiger partial charge in [-0.2, -0.15) is 0 Å². The first-order valence-electron chi connectivity index (χ1n) is 4.88. The zero-order valence-corrected chi connectivity index (χ0v) is 8.97. The van der Waals surface area contributed by atoms with Gasteiger partial charge in [0.15, 0.2) is 0 Å². The maximum atomic E-state index is 6.03. The fourth-order valence-electron chi connectivity index (χ4n) is 1.40. The van der Waals surface area contributed by atoms with E-state index in [2.05, 4.69) is 5.32 Å². The van der Waals surface area contributed by atoms with E-state index < -0.39 is 0 Å². The van der Waals surface area contributed by atoms with Crippen LogP contribution in [0.3, 0.4) is 0 Å². The summed E-state index contributed by atoms with van der Waals surface area (Å²) in [5.41, 5.74) is 1.16. The van der Waals surface area contributed by atoms with E-state index in [-0.39, 0.29) is 0 Å². The van der Waals surface area contributed by atoms with Crippen molar-refractivity contribution < 1.29 is 4.74 Å². The topological polar surface area (TPSA) is 21.3 Å². The van der Waals surface area contributed by atoms with Crippen LogP contribution in [-0.4, -0.2) is 19.2 Å². The molecule has 0 spiro atoms. The van der Waals surface area contributed by atoms with Crippen LogP contribution in [-0.2, 0) is 0 Å². The molecule has 1 atom stereocenters.